The molecule has 180 valence electrons. The van der Waals surface area contributed by atoms with E-state index < -0.39 is 47.4 Å². The third-order valence-electron chi connectivity index (χ3n) is 5.16. The fourth-order valence-electron chi connectivity index (χ4n) is 3.60. The first-order valence-electron chi connectivity index (χ1n) is 10.6. The Morgan fingerprint density at radius 3 is 1.88 bits per heavy atom. The lowest BCUT2D eigenvalue weighted by molar-refractivity contribution is -0.170. The molecule has 0 aromatic heterocycles. The Labute approximate surface area is 192 Å². The van der Waals surface area contributed by atoms with Crippen molar-refractivity contribution >= 4 is 29.8 Å². The number of unbranched alkanes of at least 4 members (excludes halogenated alkanes) is 1. The molecule has 33 heavy (non-hydrogen) atoms. The summed E-state index contributed by atoms with van der Waals surface area (Å²) in [5.41, 5.74) is -2.13. The van der Waals surface area contributed by atoms with E-state index in [2.05, 4.69) is 5.32 Å². The van der Waals surface area contributed by atoms with Gasteiger partial charge in [-0.15, -0.1) is 0 Å². The molecule has 1 N–H and O–H groups in total. The summed E-state index contributed by atoms with van der Waals surface area (Å²) in [7, 11) is 2.24. The minimum Gasteiger partial charge on any atom is -0.468 e. The molecule has 1 aliphatic heterocycles. The molecule has 0 aliphatic carbocycles. The molecule has 1 aliphatic rings. The molecule has 10 heteroatoms. The highest BCUT2D eigenvalue weighted by atomic mass is 16.6. The Morgan fingerprint density at radius 2 is 1.42 bits per heavy atom. The summed E-state index contributed by atoms with van der Waals surface area (Å²) in [5, 5.41) is 2.60. The summed E-state index contributed by atoms with van der Waals surface area (Å²) >= 11 is 0. The van der Waals surface area contributed by atoms with E-state index in [0.29, 0.717) is 12.8 Å². The number of esters is 2. The molecule has 1 aromatic carbocycles. The standard InChI is InChI=1S/C23H30N2O8/c1-22(2,3)33-21(30)24-13-9-8-12-23(19(28)31-4,20(29)32-5)14-25-17(26)15-10-6-7-11-16(15)18(25)27/h6-7,10-11H,8-9,12-14H2,1-5H3,(H,24,30). The predicted molar refractivity (Wildman–Crippen MR) is 116 cm³/mol. The third-order valence-corrected chi connectivity index (χ3v) is 5.16. The average molecular weight is 462 g/mol. The molecule has 0 radical (unpaired) electrons. The van der Waals surface area contributed by atoms with Gasteiger partial charge in [0.15, 0.2) is 5.41 Å². The number of imide groups is 1. The monoisotopic (exact) mass is 462 g/mol. The number of nitrogens with one attached hydrogen (secondary N) is 1. The lowest BCUT2D eigenvalue weighted by Gasteiger charge is -2.31. The molecular formula is C23H30N2O8. The van der Waals surface area contributed by atoms with Gasteiger partial charge in [-0.1, -0.05) is 12.1 Å². The molecule has 0 saturated heterocycles. The quantitative estimate of drug-likeness (QED) is 0.195. The number of carbonyl (C=O) groups is 5. The maximum Gasteiger partial charge on any atom is 0.407 e. The van der Waals surface area contributed by atoms with Gasteiger partial charge < -0.3 is 19.5 Å². The van der Waals surface area contributed by atoms with Gasteiger partial charge >= 0.3 is 18.0 Å². The first-order valence-corrected chi connectivity index (χ1v) is 10.6. The van der Waals surface area contributed by atoms with Crippen molar-refractivity contribution in [3.8, 4) is 0 Å². The number of hydrogen-bond acceptors (Lipinski definition) is 8. The van der Waals surface area contributed by atoms with Crippen molar-refractivity contribution in [2.45, 2.75) is 45.6 Å². The third kappa shape index (κ3) is 5.88. The molecule has 1 heterocycles. The zero-order valence-corrected chi connectivity index (χ0v) is 19.6. The molecule has 0 bridgehead atoms. The minimum absolute atomic E-state index is 0.0598. The molecule has 0 atom stereocenters. The number of carbonyl (C=O) groups excluding carboxylic acids is 5. The van der Waals surface area contributed by atoms with Gasteiger partial charge in [0.1, 0.15) is 5.60 Å². The largest absolute Gasteiger partial charge is 0.468 e. The summed E-state index contributed by atoms with van der Waals surface area (Å²) in [6, 6.07) is 6.27. The molecule has 0 saturated carbocycles. The van der Waals surface area contributed by atoms with Crippen LogP contribution >= 0.6 is 0 Å². The highest BCUT2D eigenvalue weighted by molar-refractivity contribution is 6.21. The normalized spacial score (nSPS) is 13.4. The van der Waals surface area contributed by atoms with Gasteiger partial charge in [0.25, 0.3) is 11.8 Å². The summed E-state index contributed by atoms with van der Waals surface area (Å²) in [6.45, 7) is 4.95. The Morgan fingerprint density at radius 1 is 0.909 bits per heavy atom. The van der Waals surface area contributed by atoms with Crippen LogP contribution in [0.1, 0.15) is 60.7 Å². The lowest BCUT2D eigenvalue weighted by Crippen LogP contribution is -2.51. The topological polar surface area (TPSA) is 128 Å². The number of methoxy groups -OCH3 is 2. The fourth-order valence-corrected chi connectivity index (χ4v) is 3.60. The van der Waals surface area contributed by atoms with Crippen LogP contribution in [0.15, 0.2) is 24.3 Å². The Balaban J connectivity index is 2.15. The van der Waals surface area contributed by atoms with Crippen LogP contribution in [0.3, 0.4) is 0 Å². The van der Waals surface area contributed by atoms with Gasteiger partial charge in [0, 0.05) is 6.54 Å². The van der Waals surface area contributed by atoms with Crippen LogP contribution in [0, 0.1) is 5.41 Å². The van der Waals surface area contributed by atoms with Crippen molar-refractivity contribution < 1.29 is 38.2 Å². The molecule has 3 amide bonds. The maximum atomic E-state index is 12.8. The van der Waals surface area contributed by atoms with E-state index in [1.165, 1.54) is 12.1 Å². The molecule has 0 spiro atoms. The van der Waals surface area contributed by atoms with E-state index >= 15 is 0 Å². The van der Waals surface area contributed by atoms with Crippen molar-refractivity contribution in [1.82, 2.24) is 10.2 Å². The number of benzene rings is 1. The Bertz CT molecular complexity index is 884. The van der Waals surface area contributed by atoms with Crippen LogP contribution in [-0.4, -0.2) is 67.7 Å². The average Bonchev–Trinajstić information content (AvgIpc) is 3.00. The van der Waals surface area contributed by atoms with Gasteiger partial charge in [-0.25, -0.2) is 4.79 Å². The molecule has 1 aromatic rings. The van der Waals surface area contributed by atoms with Crippen molar-refractivity contribution in [2.75, 3.05) is 27.3 Å². The van der Waals surface area contributed by atoms with Gasteiger partial charge in [0.2, 0.25) is 0 Å². The maximum absolute atomic E-state index is 12.8. The van der Waals surface area contributed by atoms with Crippen molar-refractivity contribution in [1.29, 1.82) is 0 Å². The first kappa shape index (κ1) is 25.8. The van der Waals surface area contributed by atoms with Crippen molar-refractivity contribution in [3.05, 3.63) is 35.4 Å². The lowest BCUT2D eigenvalue weighted by atomic mass is 9.81. The number of amides is 3. The van der Waals surface area contributed by atoms with E-state index in [-0.39, 0.29) is 24.1 Å². The summed E-state index contributed by atoms with van der Waals surface area (Å²) in [5.74, 6) is -3.02. The van der Waals surface area contributed by atoms with E-state index in [4.69, 9.17) is 14.2 Å². The van der Waals surface area contributed by atoms with Crippen LogP contribution in [0.5, 0.6) is 0 Å². The van der Waals surface area contributed by atoms with Crippen LogP contribution < -0.4 is 5.32 Å². The second-order valence-electron chi connectivity index (χ2n) is 8.69. The number of hydrogen-bond donors (Lipinski definition) is 1. The highest BCUT2D eigenvalue weighted by Crippen LogP contribution is 2.33. The number of ether oxygens (including phenoxy) is 3. The van der Waals surface area contributed by atoms with Crippen molar-refractivity contribution in [2.24, 2.45) is 5.41 Å². The van der Waals surface area contributed by atoms with Crippen molar-refractivity contribution in [3.63, 3.8) is 0 Å². The molecule has 0 fully saturated rings. The van der Waals surface area contributed by atoms with E-state index in [9.17, 15) is 24.0 Å². The number of rotatable bonds is 9. The molecular weight excluding hydrogens is 432 g/mol. The highest BCUT2D eigenvalue weighted by Gasteiger charge is 2.52. The van der Waals surface area contributed by atoms with E-state index in [1.807, 2.05) is 0 Å². The van der Waals surface area contributed by atoms with E-state index in [0.717, 1.165) is 19.1 Å². The van der Waals surface area contributed by atoms with Crippen LogP contribution in [-0.2, 0) is 23.8 Å². The SMILES string of the molecule is COC(=O)C(CCCCNC(=O)OC(C)(C)C)(CN1C(=O)c2ccccc2C1=O)C(=O)OC. The Kier molecular flexibility index (Phi) is 8.18. The van der Waals surface area contributed by atoms with Crippen LogP contribution in [0.2, 0.25) is 0 Å². The second-order valence-corrected chi connectivity index (χ2v) is 8.69. The Hall–Kier alpha value is -3.43. The van der Waals surface area contributed by atoms with Gasteiger partial charge in [-0.05, 0) is 52.2 Å². The number of fused-ring (bicyclic) bond motifs is 1. The zero-order chi connectivity index (χ0) is 24.8. The van der Waals surface area contributed by atoms with Crippen LogP contribution in [0.4, 0.5) is 4.79 Å². The van der Waals surface area contributed by atoms with Crippen LogP contribution in [0.25, 0.3) is 0 Å². The minimum atomic E-state index is -1.90. The molecule has 0 unspecified atom stereocenters. The second kappa shape index (κ2) is 10.5. The number of nitrogens with zero attached hydrogens (tertiary/aromatic N) is 1. The fraction of sp³-hybridized carbons (Fsp3) is 0.522. The first-order chi connectivity index (χ1) is 15.5. The number of alkyl carbamates (subject to hydrolysis) is 1. The van der Waals surface area contributed by atoms with Gasteiger partial charge in [0.05, 0.1) is 31.9 Å². The predicted octanol–water partition coefficient (Wildman–Crippen LogP) is 2.31. The zero-order valence-electron chi connectivity index (χ0n) is 19.6. The van der Waals surface area contributed by atoms with Gasteiger partial charge in [-0.3, -0.25) is 24.1 Å². The van der Waals surface area contributed by atoms with Gasteiger partial charge in [-0.2, -0.15) is 0 Å². The van der Waals surface area contributed by atoms with E-state index in [1.54, 1.807) is 32.9 Å². The summed E-state index contributed by atoms with van der Waals surface area (Å²) in [6.07, 6.45) is 0.0523. The summed E-state index contributed by atoms with van der Waals surface area (Å²) < 4.78 is 14.9. The smallest absolute Gasteiger partial charge is 0.407 e. The molecule has 10 nitrogen and oxygen atoms in total. The summed E-state index contributed by atoms with van der Waals surface area (Å²) in [4.78, 5) is 63.8. The molecule has 2 rings (SSSR count).